The van der Waals surface area contributed by atoms with Crippen molar-refractivity contribution in [1.29, 1.82) is 0 Å². The largest absolute Gasteiger partial charge is 0.507 e. The molecule has 0 aliphatic carbocycles. The molecule has 1 aromatic carbocycles. The third kappa shape index (κ3) is 2.71. The van der Waals surface area contributed by atoms with Gasteiger partial charge in [0.25, 0.3) is 5.91 Å². The number of carboxylic acids is 1. The van der Waals surface area contributed by atoms with E-state index in [1.807, 2.05) is 0 Å². The Morgan fingerprint density at radius 2 is 2.05 bits per heavy atom. The minimum Gasteiger partial charge on any atom is -0.507 e. The fraction of sp³-hybridized carbons (Fsp3) is 0.333. The number of benzene rings is 1. The lowest BCUT2D eigenvalue weighted by atomic mass is 10.1. The van der Waals surface area contributed by atoms with E-state index >= 15 is 0 Å². The fourth-order valence-corrected chi connectivity index (χ4v) is 2.33. The van der Waals surface area contributed by atoms with Gasteiger partial charge in [-0.3, -0.25) is 4.79 Å². The zero-order valence-corrected chi connectivity index (χ0v) is 11.4. The van der Waals surface area contributed by atoms with Gasteiger partial charge >= 0.3 is 5.97 Å². The van der Waals surface area contributed by atoms with E-state index in [1.54, 1.807) is 0 Å². The molecule has 0 unspecified atom stereocenters. The van der Waals surface area contributed by atoms with Crippen LogP contribution in [0.5, 0.6) is 5.75 Å². The molecule has 0 radical (unpaired) electrons. The van der Waals surface area contributed by atoms with Crippen LogP contribution in [0.2, 0.25) is 0 Å². The molecule has 1 saturated heterocycles. The molecule has 19 heavy (non-hydrogen) atoms. The molecule has 2 rings (SSSR count). The van der Waals surface area contributed by atoms with Crippen molar-refractivity contribution in [2.24, 2.45) is 0 Å². The molecule has 2 atom stereocenters. The summed E-state index contributed by atoms with van der Waals surface area (Å²) in [5, 5.41) is 28.1. The minimum atomic E-state index is -1.15. The molecular weight excluding hydrogens is 318 g/mol. The smallest absolute Gasteiger partial charge is 0.326 e. The van der Waals surface area contributed by atoms with E-state index in [4.69, 9.17) is 5.11 Å². The predicted octanol–water partition coefficient (Wildman–Crippen LogP) is 0.815. The number of likely N-dealkylation sites (tertiary alicyclic amines) is 1. The van der Waals surface area contributed by atoms with Crippen molar-refractivity contribution in [1.82, 2.24) is 4.90 Å². The highest BCUT2D eigenvalue weighted by Gasteiger charge is 2.39. The number of halogens is 1. The van der Waals surface area contributed by atoms with E-state index in [1.165, 1.54) is 18.2 Å². The average molecular weight is 330 g/mol. The van der Waals surface area contributed by atoms with Gasteiger partial charge in [-0.25, -0.2) is 4.79 Å². The quantitative estimate of drug-likeness (QED) is 0.746. The van der Waals surface area contributed by atoms with Gasteiger partial charge < -0.3 is 20.2 Å². The zero-order valence-electron chi connectivity index (χ0n) is 9.78. The maximum atomic E-state index is 12.2. The normalized spacial score (nSPS) is 22.5. The lowest BCUT2D eigenvalue weighted by Gasteiger charge is -2.21. The second-order valence-corrected chi connectivity index (χ2v) is 5.22. The Kier molecular flexibility index (Phi) is 3.77. The molecule has 1 fully saturated rings. The van der Waals surface area contributed by atoms with Crippen molar-refractivity contribution in [3.63, 3.8) is 0 Å². The summed E-state index contributed by atoms with van der Waals surface area (Å²) in [6, 6.07) is 3.21. The molecule has 6 nitrogen and oxygen atoms in total. The van der Waals surface area contributed by atoms with Crippen LogP contribution < -0.4 is 0 Å². The van der Waals surface area contributed by atoms with Gasteiger partial charge in [0, 0.05) is 18.5 Å². The summed E-state index contributed by atoms with van der Waals surface area (Å²) in [7, 11) is 0. The first kappa shape index (κ1) is 13.8. The number of phenols is 1. The molecule has 0 spiro atoms. The highest BCUT2D eigenvalue weighted by Crippen LogP contribution is 2.27. The molecule has 102 valence electrons. The molecule has 0 bridgehead atoms. The minimum absolute atomic E-state index is 0.0174. The molecule has 1 aliphatic rings. The monoisotopic (exact) mass is 329 g/mol. The van der Waals surface area contributed by atoms with Crippen LogP contribution in [0, 0.1) is 0 Å². The molecule has 1 aromatic rings. The summed E-state index contributed by atoms with van der Waals surface area (Å²) in [5.74, 6) is -1.77. The SMILES string of the molecule is O=C(O)[C@@H]1C[C@H](O)CN1C(=O)c1ccc(Br)c(O)c1. The van der Waals surface area contributed by atoms with E-state index in [2.05, 4.69) is 15.9 Å². The Morgan fingerprint density at radius 3 is 2.63 bits per heavy atom. The van der Waals surface area contributed by atoms with Gasteiger partial charge in [-0.05, 0) is 34.1 Å². The Labute approximate surface area is 117 Å². The number of amides is 1. The van der Waals surface area contributed by atoms with Crippen molar-refractivity contribution in [3.8, 4) is 5.75 Å². The summed E-state index contributed by atoms with van der Waals surface area (Å²) < 4.78 is 0.445. The number of carbonyl (C=O) groups excluding carboxylic acids is 1. The van der Waals surface area contributed by atoms with E-state index in [-0.39, 0.29) is 24.3 Å². The molecule has 1 amide bonds. The average Bonchev–Trinajstić information content (AvgIpc) is 2.74. The van der Waals surface area contributed by atoms with Gasteiger partial charge in [-0.1, -0.05) is 0 Å². The standard InChI is InChI=1S/C12H12BrNO5/c13-8-2-1-6(3-10(8)16)11(17)14-5-7(15)4-9(14)12(18)19/h1-3,7,9,15-16H,4-5H2,(H,18,19)/t7-,9-/m0/s1. The van der Waals surface area contributed by atoms with Crippen molar-refractivity contribution < 1.29 is 24.9 Å². The van der Waals surface area contributed by atoms with Gasteiger partial charge in [0.05, 0.1) is 10.6 Å². The second-order valence-electron chi connectivity index (χ2n) is 4.37. The number of aromatic hydroxyl groups is 1. The Hall–Kier alpha value is -1.60. The predicted molar refractivity (Wildman–Crippen MR) is 68.9 cm³/mol. The highest BCUT2D eigenvalue weighted by atomic mass is 79.9. The Morgan fingerprint density at radius 1 is 1.37 bits per heavy atom. The number of aliphatic carboxylic acids is 1. The van der Waals surface area contributed by atoms with Crippen LogP contribution in [0.25, 0.3) is 0 Å². The molecule has 1 heterocycles. The highest BCUT2D eigenvalue weighted by molar-refractivity contribution is 9.10. The number of carbonyl (C=O) groups is 2. The fourth-order valence-electron chi connectivity index (χ4n) is 2.08. The molecule has 3 N–H and O–H groups in total. The summed E-state index contributed by atoms with van der Waals surface area (Å²) in [5.41, 5.74) is 0.182. The molecule has 0 saturated carbocycles. The summed E-state index contributed by atoms with van der Waals surface area (Å²) >= 11 is 3.10. The Bertz CT molecular complexity index is 533. The number of carboxylic acid groups (broad SMARTS) is 1. The van der Waals surface area contributed by atoms with Gasteiger partial charge in [0.2, 0.25) is 0 Å². The first-order valence-electron chi connectivity index (χ1n) is 5.60. The van der Waals surface area contributed by atoms with E-state index in [0.29, 0.717) is 4.47 Å². The maximum absolute atomic E-state index is 12.2. The first-order chi connectivity index (χ1) is 8.90. The number of nitrogens with zero attached hydrogens (tertiary/aromatic N) is 1. The van der Waals surface area contributed by atoms with Gasteiger partial charge in [0.15, 0.2) is 0 Å². The summed E-state index contributed by atoms with van der Waals surface area (Å²) in [6.07, 6.45) is -0.821. The van der Waals surface area contributed by atoms with Crippen LogP contribution in [0.1, 0.15) is 16.8 Å². The third-order valence-electron chi connectivity index (χ3n) is 3.02. The lowest BCUT2D eigenvalue weighted by molar-refractivity contribution is -0.141. The summed E-state index contributed by atoms with van der Waals surface area (Å²) in [4.78, 5) is 24.4. The lowest BCUT2D eigenvalue weighted by Crippen LogP contribution is -2.40. The molecule has 0 aromatic heterocycles. The topological polar surface area (TPSA) is 98.1 Å². The molecule has 7 heteroatoms. The van der Waals surface area contributed by atoms with E-state index < -0.39 is 24.0 Å². The maximum Gasteiger partial charge on any atom is 0.326 e. The van der Waals surface area contributed by atoms with Gasteiger partial charge in [0.1, 0.15) is 11.8 Å². The summed E-state index contributed by atoms with van der Waals surface area (Å²) in [6.45, 7) is -0.0212. The van der Waals surface area contributed by atoms with Gasteiger partial charge in [-0.2, -0.15) is 0 Å². The van der Waals surface area contributed by atoms with Crippen molar-refractivity contribution >= 4 is 27.8 Å². The van der Waals surface area contributed by atoms with E-state index in [9.17, 15) is 19.8 Å². The third-order valence-corrected chi connectivity index (χ3v) is 3.69. The van der Waals surface area contributed by atoms with Crippen LogP contribution in [0.3, 0.4) is 0 Å². The Balaban J connectivity index is 2.27. The van der Waals surface area contributed by atoms with Gasteiger partial charge in [-0.15, -0.1) is 0 Å². The van der Waals surface area contributed by atoms with Crippen LogP contribution >= 0.6 is 15.9 Å². The number of hydrogen-bond acceptors (Lipinski definition) is 4. The number of aliphatic hydroxyl groups excluding tert-OH is 1. The number of phenolic OH excluding ortho intramolecular Hbond substituents is 1. The molecular formula is C12H12BrNO5. The number of β-amino-alcohol motifs (C(OH)–C–C–N with tert-alkyl or cyclic N) is 1. The second kappa shape index (κ2) is 5.18. The van der Waals surface area contributed by atoms with E-state index in [0.717, 1.165) is 4.90 Å². The van der Waals surface area contributed by atoms with Crippen LogP contribution in [-0.4, -0.2) is 50.8 Å². The van der Waals surface area contributed by atoms with Crippen molar-refractivity contribution in [3.05, 3.63) is 28.2 Å². The van der Waals surface area contributed by atoms with Crippen molar-refractivity contribution in [2.75, 3.05) is 6.54 Å². The van der Waals surface area contributed by atoms with Crippen LogP contribution in [0.4, 0.5) is 0 Å². The molecule has 1 aliphatic heterocycles. The number of hydrogen-bond donors (Lipinski definition) is 3. The zero-order chi connectivity index (χ0) is 14.2. The number of rotatable bonds is 2. The van der Waals surface area contributed by atoms with Crippen LogP contribution in [0.15, 0.2) is 22.7 Å². The van der Waals surface area contributed by atoms with Crippen LogP contribution in [-0.2, 0) is 4.79 Å². The van der Waals surface area contributed by atoms with Crippen molar-refractivity contribution in [2.45, 2.75) is 18.6 Å². The number of aliphatic hydroxyl groups is 1. The first-order valence-corrected chi connectivity index (χ1v) is 6.40.